The van der Waals surface area contributed by atoms with Crippen molar-refractivity contribution in [1.82, 2.24) is 0 Å². The maximum atomic E-state index is 11.0. The molecule has 2 N–H and O–H groups in total. The van der Waals surface area contributed by atoms with Crippen LogP contribution in [0.1, 0.15) is 15.9 Å². The lowest BCUT2D eigenvalue weighted by atomic mass is 10.1. The van der Waals surface area contributed by atoms with Gasteiger partial charge >= 0.3 is 5.97 Å². The van der Waals surface area contributed by atoms with E-state index in [4.69, 9.17) is 16.7 Å². The summed E-state index contributed by atoms with van der Waals surface area (Å²) in [6.45, 7) is 1.54. The molecule has 0 fully saturated rings. The van der Waals surface area contributed by atoms with E-state index in [2.05, 4.69) is 4.72 Å². The smallest absolute Gasteiger partial charge is 0.337 e. The van der Waals surface area contributed by atoms with Gasteiger partial charge in [0.2, 0.25) is 10.0 Å². The second-order valence-electron chi connectivity index (χ2n) is 3.28. The molecule has 1 rings (SSSR count). The summed E-state index contributed by atoms with van der Waals surface area (Å²) in [4.78, 5) is 10.7. The molecule has 1 aromatic rings. The Morgan fingerprint density at radius 2 is 2.00 bits per heavy atom. The average Bonchev–Trinajstić information content (AvgIpc) is 2.10. The minimum atomic E-state index is -3.41. The van der Waals surface area contributed by atoms with E-state index in [1.165, 1.54) is 12.1 Å². The van der Waals surface area contributed by atoms with Crippen LogP contribution in [0.5, 0.6) is 0 Å². The minimum Gasteiger partial charge on any atom is -0.478 e. The fraction of sp³-hybridized carbons (Fsp3) is 0.222. The summed E-state index contributed by atoms with van der Waals surface area (Å²) < 4.78 is 24.3. The summed E-state index contributed by atoms with van der Waals surface area (Å²) >= 11 is 5.81. The van der Waals surface area contributed by atoms with E-state index in [-0.39, 0.29) is 16.3 Å². The van der Waals surface area contributed by atoms with E-state index in [1.54, 1.807) is 6.92 Å². The lowest BCUT2D eigenvalue weighted by Gasteiger charge is -2.10. The van der Waals surface area contributed by atoms with Gasteiger partial charge in [-0.25, -0.2) is 13.2 Å². The zero-order valence-electron chi connectivity index (χ0n) is 8.61. The molecule has 0 aliphatic rings. The molecule has 0 radical (unpaired) electrons. The molecule has 7 heteroatoms. The summed E-state index contributed by atoms with van der Waals surface area (Å²) in [5.74, 6) is -1.15. The van der Waals surface area contributed by atoms with Gasteiger partial charge in [-0.05, 0) is 24.6 Å². The van der Waals surface area contributed by atoms with Gasteiger partial charge in [-0.3, -0.25) is 4.72 Å². The Morgan fingerprint density at radius 1 is 1.44 bits per heavy atom. The van der Waals surface area contributed by atoms with Crippen molar-refractivity contribution in [3.05, 3.63) is 28.3 Å². The van der Waals surface area contributed by atoms with Gasteiger partial charge < -0.3 is 5.11 Å². The Kier molecular flexibility index (Phi) is 3.44. The Balaban J connectivity index is 3.28. The van der Waals surface area contributed by atoms with Gasteiger partial charge in [0.1, 0.15) is 0 Å². The van der Waals surface area contributed by atoms with Crippen LogP contribution in [-0.2, 0) is 10.0 Å². The van der Waals surface area contributed by atoms with Gasteiger partial charge in [-0.2, -0.15) is 0 Å². The fourth-order valence-electron chi connectivity index (χ4n) is 1.16. The first-order valence-electron chi connectivity index (χ1n) is 4.22. The van der Waals surface area contributed by atoms with Gasteiger partial charge in [0.25, 0.3) is 0 Å². The molecule has 0 amide bonds. The molecule has 0 bridgehead atoms. The van der Waals surface area contributed by atoms with E-state index in [0.29, 0.717) is 5.56 Å². The number of anilines is 1. The molecule has 5 nitrogen and oxygen atoms in total. The van der Waals surface area contributed by atoms with Gasteiger partial charge in [0.05, 0.1) is 22.5 Å². The van der Waals surface area contributed by atoms with Crippen molar-refractivity contribution in [2.75, 3.05) is 11.0 Å². The number of carboxylic acid groups (broad SMARTS) is 1. The number of benzene rings is 1. The van der Waals surface area contributed by atoms with E-state index < -0.39 is 16.0 Å². The molecule has 0 aromatic heterocycles. The molecule has 0 saturated carbocycles. The SMILES string of the molecule is Cc1c(NS(C)(=O)=O)ccc(C(=O)O)c1Cl. The first kappa shape index (κ1) is 12.8. The number of nitrogens with one attached hydrogen (secondary N) is 1. The number of sulfonamides is 1. The Bertz CT molecular complexity index is 539. The van der Waals surface area contributed by atoms with E-state index in [0.717, 1.165) is 6.26 Å². The Morgan fingerprint density at radius 3 is 2.44 bits per heavy atom. The summed E-state index contributed by atoms with van der Waals surface area (Å²) in [7, 11) is -3.41. The second-order valence-corrected chi connectivity index (χ2v) is 5.41. The number of rotatable bonds is 3. The van der Waals surface area contributed by atoms with E-state index in [1.807, 2.05) is 0 Å². The van der Waals surface area contributed by atoms with Crippen LogP contribution in [0.15, 0.2) is 12.1 Å². The molecule has 0 heterocycles. The molecule has 0 saturated heterocycles. The third-order valence-corrected chi connectivity index (χ3v) is 2.99. The number of aromatic carboxylic acids is 1. The highest BCUT2D eigenvalue weighted by Crippen LogP contribution is 2.27. The maximum absolute atomic E-state index is 11.0. The van der Waals surface area contributed by atoms with Gasteiger partial charge in [0.15, 0.2) is 0 Å². The predicted molar refractivity (Wildman–Crippen MR) is 61.6 cm³/mol. The van der Waals surface area contributed by atoms with Crippen LogP contribution < -0.4 is 4.72 Å². The second kappa shape index (κ2) is 4.31. The number of hydrogen-bond donors (Lipinski definition) is 2. The summed E-state index contributed by atoms with van der Waals surface area (Å²) in [5.41, 5.74) is 0.600. The zero-order chi connectivity index (χ0) is 12.5. The largest absolute Gasteiger partial charge is 0.478 e. The maximum Gasteiger partial charge on any atom is 0.337 e. The van der Waals surface area contributed by atoms with E-state index in [9.17, 15) is 13.2 Å². The first-order chi connectivity index (χ1) is 7.22. The number of carbonyl (C=O) groups is 1. The monoisotopic (exact) mass is 263 g/mol. The molecular weight excluding hydrogens is 254 g/mol. The molecule has 0 aliphatic heterocycles. The molecule has 0 aliphatic carbocycles. The van der Waals surface area contributed by atoms with Crippen LogP contribution >= 0.6 is 11.6 Å². The molecule has 0 unspecified atom stereocenters. The summed E-state index contributed by atoms with van der Waals surface area (Å²) in [6.07, 6.45) is 1.01. The fourth-order valence-corrected chi connectivity index (χ4v) is 2.03. The highest BCUT2D eigenvalue weighted by molar-refractivity contribution is 7.92. The van der Waals surface area contributed by atoms with Crippen molar-refractivity contribution in [2.45, 2.75) is 6.92 Å². The van der Waals surface area contributed by atoms with Crippen molar-refractivity contribution in [2.24, 2.45) is 0 Å². The van der Waals surface area contributed by atoms with Crippen molar-refractivity contribution < 1.29 is 18.3 Å². The van der Waals surface area contributed by atoms with Gasteiger partial charge in [-0.15, -0.1) is 0 Å². The predicted octanol–water partition coefficient (Wildman–Crippen LogP) is 1.72. The lowest BCUT2D eigenvalue weighted by molar-refractivity contribution is 0.0697. The third kappa shape index (κ3) is 2.86. The van der Waals surface area contributed by atoms with Crippen molar-refractivity contribution in [3.63, 3.8) is 0 Å². The molecule has 1 aromatic carbocycles. The third-order valence-electron chi connectivity index (χ3n) is 1.91. The normalized spacial score (nSPS) is 11.2. The highest BCUT2D eigenvalue weighted by Gasteiger charge is 2.14. The van der Waals surface area contributed by atoms with Crippen molar-refractivity contribution >= 4 is 33.3 Å². The minimum absolute atomic E-state index is 0.0288. The van der Waals surface area contributed by atoms with Gasteiger partial charge in [0, 0.05) is 0 Å². The Hall–Kier alpha value is -1.27. The number of halogens is 1. The topological polar surface area (TPSA) is 83.5 Å². The number of hydrogen-bond acceptors (Lipinski definition) is 3. The average molecular weight is 264 g/mol. The van der Waals surface area contributed by atoms with E-state index >= 15 is 0 Å². The van der Waals surface area contributed by atoms with Crippen molar-refractivity contribution in [1.29, 1.82) is 0 Å². The first-order valence-corrected chi connectivity index (χ1v) is 6.49. The van der Waals surface area contributed by atoms with Crippen LogP contribution in [0.2, 0.25) is 5.02 Å². The lowest BCUT2D eigenvalue weighted by Crippen LogP contribution is -2.11. The number of carboxylic acids is 1. The zero-order valence-corrected chi connectivity index (χ0v) is 10.2. The molecule has 0 atom stereocenters. The molecular formula is C9H10ClNO4S. The van der Waals surface area contributed by atoms with Crippen LogP contribution in [0.25, 0.3) is 0 Å². The summed E-state index contributed by atoms with van der Waals surface area (Å²) in [5, 5.41) is 8.82. The Labute approximate surface area is 98.1 Å². The van der Waals surface area contributed by atoms with Crippen LogP contribution in [-0.4, -0.2) is 25.7 Å². The standard InChI is InChI=1S/C9H10ClNO4S/c1-5-7(11-16(2,14)15)4-3-6(8(5)10)9(12)13/h3-4,11H,1-2H3,(H,12,13). The summed E-state index contributed by atoms with van der Waals surface area (Å²) in [6, 6.07) is 2.62. The van der Waals surface area contributed by atoms with Crippen LogP contribution in [0.3, 0.4) is 0 Å². The van der Waals surface area contributed by atoms with Gasteiger partial charge in [-0.1, -0.05) is 11.6 Å². The van der Waals surface area contributed by atoms with Crippen LogP contribution in [0, 0.1) is 6.92 Å². The van der Waals surface area contributed by atoms with Crippen molar-refractivity contribution in [3.8, 4) is 0 Å². The van der Waals surface area contributed by atoms with Crippen LogP contribution in [0.4, 0.5) is 5.69 Å². The molecule has 0 spiro atoms. The molecule has 16 heavy (non-hydrogen) atoms. The quantitative estimate of drug-likeness (QED) is 0.870. The highest BCUT2D eigenvalue weighted by atomic mass is 35.5. The molecule has 88 valence electrons.